The lowest BCUT2D eigenvalue weighted by Crippen LogP contribution is -2.36. The number of fused-ring (bicyclic) bond motifs is 1. The Morgan fingerprint density at radius 1 is 1.26 bits per heavy atom. The molecule has 1 aliphatic heterocycles. The number of hydrogen-bond acceptors (Lipinski definition) is 5. The second kappa shape index (κ2) is 6.66. The van der Waals surface area contributed by atoms with Gasteiger partial charge in [-0.1, -0.05) is 0 Å². The van der Waals surface area contributed by atoms with Crippen molar-refractivity contribution >= 4 is 6.09 Å². The summed E-state index contributed by atoms with van der Waals surface area (Å²) in [6.07, 6.45) is 0.314. The third kappa shape index (κ3) is 4.07. The van der Waals surface area contributed by atoms with Gasteiger partial charge in [0.1, 0.15) is 17.1 Å². The fourth-order valence-corrected chi connectivity index (χ4v) is 2.70. The van der Waals surface area contributed by atoms with Crippen LogP contribution in [0.5, 0.6) is 11.5 Å². The van der Waals surface area contributed by atoms with Gasteiger partial charge in [-0.2, -0.15) is 0 Å². The third-order valence-corrected chi connectivity index (χ3v) is 3.75. The minimum absolute atomic E-state index is 0.196. The lowest BCUT2D eigenvalue weighted by Gasteiger charge is -2.26. The van der Waals surface area contributed by atoms with E-state index in [9.17, 15) is 4.79 Å². The summed E-state index contributed by atoms with van der Waals surface area (Å²) >= 11 is 0. The summed E-state index contributed by atoms with van der Waals surface area (Å²) in [6.45, 7) is 6.53. The molecule has 0 bridgehead atoms. The zero-order chi connectivity index (χ0) is 17.2. The van der Waals surface area contributed by atoms with Gasteiger partial charge in [0.15, 0.2) is 0 Å². The van der Waals surface area contributed by atoms with Crippen LogP contribution in [0.4, 0.5) is 4.79 Å². The number of ether oxygens (including phenoxy) is 3. The van der Waals surface area contributed by atoms with Crippen molar-refractivity contribution in [2.75, 3.05) is 20.8 Å². The van der Waals surface area contributed by atoms with E-state index in [1.165, 1.54) is 0 Å². The Balaban J connectivity index is 2.35. The lowest BCUT2D eigenvalue weighted by molar-refractivity contribution is 0.0235. The first-order valence-corrected chi connectivity index (χ1v) is 7.73. The minimum atomic E-state index is -0.527. The van der Waals surface area contributed by atoms with Gasteiger partial charge in [0.2, 0.25) is 0 Å². The van der Waals surface area contributed by atoms with Crippen molar-refractivity contribution < 1.29 is 19.0 Å². The van der Waals surface area contributed by atoms with E-state index in [1.54, 1.807) is 19.1 Å². The molecule has 128 valence electrons. The quantitative estimate of drug-likeness (QED) is 0.906. The van der Waals surface area contributed by atoms with E-state index in [4.69, 9.17) is 19.9 Å². The topological polar surface area (TPSA) is 74.0 Å². The van der Waals surface area contributed by atoms with Crippen LogP contribution in [0.15, 0.2) is 12.1 Å². The molecule has 2 N–H and O–H groups in total. The normalized spacial score (nSPS) is 18.0. The van der Waals surface area contributed by atoms with Gasteiger partial charge in [-0.3, -0.25) is 0 Å². The van der Waals surface area contributed by atoms with Crippen molar-refractivity contribution in [1.29, 1.82) is 0 Å². The monoisotopic (exact) mass is 322 g/mol. The Morgan fingerprint density at radius 2 is 1.96 bits per heavy atom. The van der Waals surface area contributed by atoms with Crippen molar-refractivity contribution in [2.24, 2.45) is 5.73 Å². The second-order valence-corrected chi connectivity index (χ2v) is 6.70. The zero-order valence-corrected chi connectivity index (χ0v) is 14.5. The maximum Gasteiger partial charge on any atom is 0.410 e. The van der Waals surface area contributed by atoms with Gasteiger partial charge < -0.3 is 24.8 Å². The molecule has 0 radical (unpaired) electrons. The molecule has 0 fully saturated rings. The van der Waals surface area contributed by atoms with E-state index in [0.717, 1.165) is 11.1 Å². The molecule has 0 spiro atoms. The van der Waals surface area contributed by atoms with Gasteiger partial charge in [-0.25, -0.2) is 4.79 Å². The van der Waals surface area contributed by atoms with E-state index >= 15 is 0 Å². The van der Waals surface area contributed by atoms with Crippen LogP contribution in [0.25, 0.3) is 0 Å². The first-order chi connectivity index (χ1) is 10.7. The maximum absolute atomic E-state index is 12.4. The third-order valence-electron chi connectivity index (χ3n) is 3.75. The molecular weight excluding hydrogens is 296 g/mol. The molecule has 1 amide bonds. The zero-order valence-electron chi connectivity index (χ0n) is 14.5. The summed E-state index contributed by atoms with van der Waals surface area (Å²) in [5.74, 6) is 1.37. The van der Waals surface area contributed by atoms with E-state index in [0.29, 0.717) is 31.0 Å². The Hall–Kier alpha value is -1.95. The second-order valence-electron chi connectivity index (χ2n) is 6.70. The first-order valence-electron chi connectivity index (χ1n) is 7.73. The van der Waals surface area contributed by atoms with Crippen LogP contribution in [-0.4, -0.2) is 37.4 Å². The molecule has 0 aliphatic carbocycles. The van der Waals surface area contributed by atoms with Crippen LogP contribution in [0.2, 0.25) is 0 Å². The van der Waals surface area contributed by atoms with Crippen molar-refractivity contribution in [2.45, 2.75) is 45.4 Å². The molecule has 1 aromatic rings. The number of nitrogens with two attached hydrogens (primary N) is 1. The number of carbonyl (C=O) groups is 1. The average Bonchev–Trinajstić information content (AvgIpc) is 2.64. The molecule has 1 aromatic carbocycles. The van der Waals surface area contributed by atoms with Crippen LogP contribution in [0.1, 0.15) is 44.4 Å². The van der Waals surface area contributed by atoms with Gasteiger partial charge >= 0.3 is 6.09 Å². The minimum Gasteiger partial charge on any atom is -0.497 e. The number of rotatable bonds is 2. The van der Waals surface area contributed by atoms with E-state index in [2.05, 4.69) is 0 Å². The Bertz CT molecular complexity index is 581. The highest BCUT2D eigenvalue weighted by Crippen LogP contribution is 2.36. The predicted molar refractivity (Wildman–Crippen MR) is 87.7 cm³/mol. The molecule has 0 saturated carbocycles. The average molecular weight is 322 g/mol. The molecule has 23 heavy (non-hydrogen) atoms. The largest absolute Gasteiger partial charge is 0.497 e. The standard InChI is InChI=1S/C17H26N2O4/c1-17(2,3)23-16(20)19-7-6-13(18)15-11(10-19)8-12(21-4)9-14(15)22-5/h8-9,13H,6-7,10,18H2,1-5H3/t13-/m0/s1. The number of nitrogens with zero attached hydrogens (tertiary/aromatic N) is 1. The maximum atomic E-state index is 12.4. The number of amides is 1. The fourth-order valence-electron chi connectivity index (χ4n) is 2.70. The molecule has 0 unspecified atom stereocenters. The van der Waals surface area contributed by atoms with Gasteiger partial charge in [0, 0.05) is 30.8 Å². The Morgan fingerprint density at radius 3 is 2.52 bits per heavy atom. The lowest BCUT2D eigenvalue weighted by atomic mass is 9.98. The molecule has 2 rings (SSSR count). The summed E-state index contributed by atoms with van der Waals surface area (Å²) < 4.78 is 16.3. The van der Waals surface area contributed by atoms with Gasteiger partial charge in [-0.15, -0.1) is 0 Å². The number of hydrogen-bond donors (Lipinski definition) is 1. The van der Waals surface area contributed by atoms with E-state index in [1.807, 2.05) is 32.9 Å². The smallest absolute Gasteiger partial charge is 0.410 e. The highest BCUT2D eigenvalue weighted by atomic mass is 16.6. The summed E-state index contributed by atoms with van der Waals surface area (Å²) in [7, 11) is 3.21. The predicted octanol–water partition coefficient (Wildman–Crippen LogP) is 2.84. The van der Waals surface area contributed by atoms with Crippen LogP contribution < -0.4 is 15.2 Å². The summed E-state index contributed by atoms with van der Waals surface area (Å²) in [4.78, 5) is 14.1. The number of carbonyl (C=O) groups excluding carboxylic acids is 1. The molecule has 6 nitrogen and oxygen atoms in total. The molecular formula is C17H26N2O4. The molecule has 6 heteroatoms. The first kappa shape index (κ1) is 17.4. The summed E-state index contributed by atoms with van der Waals surface area (Å²) in [6, 6.07) is 3.53. The number of methoxy groups -OCH3 is 2. The Kier molecular flexibility index (Phi) is 5.04. The molecule has 0 saturated heterocycles. The van der Waals surface area contributed by atoms with E-state index < -0.39 is 5.60 Å². The Labute approximate surface area is 137 Å². The summed E-state index contributed by atoms with van der Waals surface area (Å²) in [5.41, 5.74) is 7.63. The van der Waals surface area contributed by atoms with Crippen LogP contribution in [-0.2, 0) is 11.3 Å². The number of benzene rings is 1. The highest BCUT2D eigenvalue weighted by Gasteiger charge is 2.29. The fraction of sp³-hybridized carbons (Fsp3) is 0.588. The molecule has 1 aliphatic rings. The van der Waals surface area contributed by atoms with E-state index in [-0.39, 0.29) is 12.1 Å². The van der Waals surface area contributed by atoms with Crippen molar-refractivity contribution in [3.05, 3.63) is 23.3 Å². The van der Waals surface area contributed by atoms with Crippen molar-refractivity contribution in [3.8, 4) is 11.5 Å². The van der Waals surface area contributed by atoms with Gasteiger partial charge in [0.05, 0.1) is 14.2 Å². The van der Waals surface area contributed by atoms with Crippen LogP contribution >= 0.6 is 0 Å². The molecule has 1 atom stereocenters. The SMILES string of the molecule is COc1cc2c(c(OC)c1)[C@@H](N)CCN(C(=O)OC(C)(C)C)C2. The summed E-state index contributed by atoms with van der Waals surface area (Å²) in [5, 5.41) is 0. The van der Waals surface area contributed by atoms with Crippen molar-refractivity contribution in [3.63, 3.8) is 0 Å². The van der Waals surface area contributed by atoms with Crippen LogP contribution in [0, 0.1) is 0 Å². The van der Waals surface area contributed by atoms with Gasteiger partial charge in [-0.05, 0) is 38.8 Å². The van der Waals surface area contributed by atoms with Crippen molar-refractivity contribution in [1.82, 2.24) is 4.90 Å². The highest BCUT2D eigenvalue weighted by molar-refractivity contribution is 5.68. The van der Waals surface area contributed by atoms with Crippen LogP contribution in [0.3, 0.4) is 0 Å². The molecule has 0 aromatic heterocycles. The molecule has 1 heterocycles. The van der Waals surface area contributed by atoms with Gasteiger partial charge in [0.25, 0.3) is 0 Å².